The minimum atomic E-state index is -0.556. The quantitative estimate of drug-likeness (QED) is 0.780. The number of carbonyl (C=O) groups is 2. The van der Waals surface area contributed by atoms with Gasteiger partial charge in [0.05, 0.1) is 6.42 Å². The fraction of sp³-hybridized carbons (Fsp3) is 0.364. The van der Waals surface area contributed by atoms with E-state index in [1.165, 1.54) is 5.56 Å². The lowest BCUT2D eigenvalue weighted by Crippen LogP contribution is -2.48. The van der Waals surface area contributed by atoms with Crippen LogP contribution in [0.25, 0.3) is 0 Å². The smallest absolute Gasteiger partial charge is 0.242 e. The van der Waals surface area contributed by atoms with Gasteiger partial charge in [-0.2, -0.15) is 0 Å². The van der Waals surface area contributed by atoms with E-state index in [4.69, 9.17) is 11.6 Å². The van der Waals surface area contributed by atoms with Crippen LogP contribution in [0.1, 0.15) is 36.1 Å². The summed E-state index contributed by atoms with van der Waals surface area (Å²) in [6.45, 7) is 8.60. The first-order valence-electron chi connectivity index (χ1n) is 9.19. The second-order valence-electron chi connectivity index (χ2n) is 6.81. The number of amides is 2. The summed E-state index contributed by atoms with van der Waals surface area (Å²) < 4.78 is 0. The summed E-state index contributed by atoms with van der Waals surface area (Å²) in [6, 6.07) is 12.8. The van der Waals surface area contributed by atoms with Crippen LogP contribution in [0.4, 0.5) is 0 Å². The van der Waals surface area contributed by atoms with E-state index in [0.717, 1.165) is 16.7 Å². The van der Waals surface area contributed by atoms with Gasteiger partial charge in [-0.3, -0.25) is 9.59 Å². The normalized spacial score (nSPS) is 11.7. The van der Waals surface area contributed by atoms with Gasteiger partial charge >= 0.3 is 0 Å². The summed E-state index contributed by atoms with van der Waals surface area (Å²) in [5.74, 6) is -0.230. The van der Waals surface area contributed by atoms with E-state index in [1.54, 1.807) is 24.0 Å². The van der Waals surface area contributed by atoms with Crippen molar-refractivity contribution in [3.8, 4) is 0 Å². The molecule has 0 fully saturated rings. The number of rotatable bonds is 7. The van der Waals surface area contributed by atoms with Gasteiger partial charge in [0, 0.05) is 18.1 Å². The molecule has 1 N–H and O–H groups in total. The summed E-state index contributed by atoms with van der Waals surface area (Å²) in [5, 5.41) is 3.44. The third kappa shape index (κ3) is 5.83. The van der Waals surface area contributed by atoms with E-state index in [9.17, 15) is 9.59 Å². The van der Waals surface area contributed by atoms with Crippen molar-refractivity contribution in [1.82, 2.24) is 10.2 Å². The molecule has 0 heterocycles. The molecule has 0 aliphatic heterocycles. The Bertz CT molecular complexity index is 802. The van der Waals surface area contributed by atoms with E-state index in [0.29, 0.717) is 18.1 Å². The Morgan fingerprint density at radius 2 is 1.67 bits per heavy atom. The molecule has 2 aromatic rings. The number of nitrogens with one attached hydrogen (secondary N) is 1. The second-order valence-corrected chi connectivity index (χ2v) is 7.25. The van der Waals surface area contributed by atoms with Gasteiger partial charge in [-0.05, 0) is 62.1 Å². The summed E-state index contributed by atoms with van der Waals surface area (Å²) in [5.41, 5.74) is 4.23. The summed E-state index contributed by atoms with van der Waals surface area (Å²) >= 11 is 5.96. The number of benzene rings is 2. The van der Waals surface area contributed by atoms with Crippen LogP contribution in [0.3, 0.4) is 0 Å². The van der Waals surface area contributed by atoms with Gasteiger partial charge in [0.2, 0.25) is 11.8 Å². The molecule has 144 valence electrons. The Balaban J connectivity index is 2.23. The van der Waals surface area contributed by atoms with E-state index in [-0.39, 0.29) is 18.2 Å². The Morgan fingerprint density at radius 1 is 1.04 bits per heavy atom. The van der Waals surface area contributed by atoms with Crippen molar-refractivity contribution in [2.24, 2.45) is 0 Å². The van der Waals surface area contributed by atoms with Crippen molar-refractivity contribution in [2.75, 3.05) is 6.54 Å². The maximum Gasteiger partial charge on any atom is 0.242 e. The third-order valence-corrected chi connectivity index (χ3v) is 4.96. The van der Waals surface area contributed by atoms with Gasteiger partial charge in [-0.25, -0.2) is 0 Å². The second kappa shape index (κ2) is 9.56. The number of hydrogen-bond donors (Lipinski definition) is 1. The number of aryl methyl sites for hydroxylation is 2. The molecule has 0 bridgehead atoms. The van der Waals surface area contributed by atoms with Crippen LogP contribution in [0, 0.1) is 13.8 Å². The first-order chi connectivity index (χ1) is 12.8. The molecular formula is C22H27ClN2O2. The van der Waals surface area contributed by atoms with E-state index in [1.807, 2.05) is 51.1 Å². The maximum atomic E-state index is 13.1. The van der Waals surface area contributed by atoms with Gasteiger partial charge < -0.3 is 10.2 Å². The highest BCUT2D eigenvalue weighted by atomic mass is 35.5. The summed E-state index contributed by atoms with van der Waals surface area (Å²) in [6.07, 6.45) is 0.262. The van der Waals surface area contributed by atoms with Gasteiger partial charge in [0.25, 0.3) is 0 Å². The Kier molecular flexibility index (Phi) is 7.43. The van der Waals surface area contributed by atoms with Gasteiger partial charge in [-0.15, -0.1) is 0 Å². The van der Waals surface area contributed by atoms with E-state index in [2.05, 4.69) is 5.32 Å². The fourth-order valence-corrected chi connectivity index (χ4v) is 3.01. The van der Waals surface area contributed by atoms with Crippen LogP contribution in [0.5, 0.6) is 0 Å². The predicted molar refractivity (Wildman–Crippen MR) is 110 cm³/mol. The zero-order chi connectivity index (χ0) is 20.0. The number of hydrogen-bond acceptors (Lipinski definition) is 2. The van der Waals surface area contributed by atoms with Crippen LogP contribution in [-0.4, -0.2) is 29.3 Å². The lowest BCUT2D eigenvalue weighted by atomic mass is 10.0. The Hall–Kier alpha value is -2.33. The molecule has 0 saturated heterocycles. The van der Waals surface area contributed by atoms with Crippen LogP contribution < -0.4 is 5.32 Å². The highest BCUT2D eigenvalue weighted by Gasteiger charge is 2.25. The standard InChI is InChI=1S/C22H27ClN2O2/c1-5-24-22(27)17(4)25(14-18-8-10-20(23)11-9-18)21(26)13-19-7-6-15(2)16(3)12-19/h6-12,17H,5,13-14H2,1-4H3,(H,24,27)/t17-/m0/s1. The first kappa shape index (κ1) is 21.0. The van der Waals surface area contributed by atoms with Crippen molar-refractivity contribution in [2.45, 2.75) is 46.7 Å². The average Bonchev–Trinajstić information content (AvgIpc) is 2.64. The van der Waals surface area contributed by atoms with Crippen molar-refractivity contribution in [3.05, 3.63) is 69.7 Å². The van der Waals surface area contributed by atoms with Gasteiger partial charge in [0.15, 0.2) is 0 Å². The molecule has 0 aromatic heterocycles. The van der Waals surface area contributed by atoms with Crippen molar-refractivity contribution >= 4 is 23.4 Å². The van der Waals surface area contributed by atoms with Crippen LogP contribution >= 0.6 is 11.6 Å². The molecule has 2 amide bonds. The van der Waals surface area contributed by atoms with Crippen molar-refractivity contribution in [3.63, 3.8) is 0 Å². The molecule has 1 atom stereocenters. The molecule has 27 heavy (non-hydrogen) atoms. The van der Waals surface area contributed by atoms with E-state index >= 15 is 0 Å². The zero-order valence-corrected chi connectivity index (χ0v) is 17.1. The summed E-state index contributed by atoms with van der Waals surface area (Å²) in [7, 11) is 0. The van der Waals surface area contributed by atoms with Crippen LogP contribution in [-0.2, 0) is 22.6 Å². The van der Waals surface area contributed by atoms with E-state index < -0.39 is 6.04 Å². The summed E-state index contributed by atoms with van der Waals surface area (Å²) in [4.78, 5) is 27.0. The molecular weight excluding hydrogens is 360 g/mol. The Labute approximate surface area is 166 Å². The molecule has 0 aliphatic rings. The predicted octanol–water partition coefficient (Wildman–Crippen LogP) is 4.05. The maximum absolute atomic E-state index is 13.1. The van der Waals surface area contributed by atoms with Crippen LogP contribution in [0.15, 0.2) is 42.5 Å². The minimum Gasteiger partial charge on any atom is -0.355 e. The zero-order valence-electron chi connectivity index (χ0n) is 16.4. The SMILES string of the molecule is CCNC(=O)[C@H](C)N(Cc1ccc(Cl)cc1)C(=O)Cc1ccc(C)c(C)c1. The average molecular weight is 387 g/mol. The number of nitrogens with zero attached hydrogens (tertiary/aromatic N) is 1. The van der Waals surface area contributed by atoms with Crippen molar-refractivity contribution in [1.29, 1.82) is 0 Å². The largest absolute Gasteiger partial charge is 0.355 e. The molecule has 0 unspecified atom stereocenters. The molecule has 0 aliphatic carbocycles. The van der Waals surface area contributed by atoms with Crippen LogP contribution in [0.2, 0.25) is 5.02 Å². The molecule has 5 heteroatoms. The lowest BCUT2D eigenvalue weighted by molar-refractivity contribution is -0.140. The number of carbonyl (C=O) groups excluding carboxylic acids is 2. The highest BCUT2D eigenvalue weighted by molar-refractivity contribution is 6.30. The monoisotopic (exact) mass is 386 g/mol. The molecule has 0 saturated carbocycles. The topological polar surface area (TPSA) is 49.4 Å². The first-order valence-corrected chi connectivity index (χ1v) is 9.57. The molecule has 0 spiro atoms. The fourth-order valence-electron chi connectivity index (χ4n) is 2.88. The number of likely N-dealkylation sites (N-methyl/N-ethyl adjacent to an activating group) is 1. The molecule has 2 rings (SSSR count). The van der Waals surface area contributed by atoms with Gasteiger partial charge in [0.1, 0.15) is 6.04 Å². The third-order valence-electron chi connectivity index (χ3n) is 4.71. The minimum absolute atomic E-state index is 0.0769. The molecule has 4 nitrogen and oxygen atoms in total. The molecule has 0 radical (unpaired) electrons. The molecule has 2 aromatic carbocycles. The lowest BCUT2D eigenvalue weighted by Gasteiger charge is -2.29. The number of halogens is 1. The van der Waals surface area contributed by atoms with Crippen molar-refractivity contribution < 1.29 is 9.59 Å². The van der Waals surface area contributed by atoms with Gasteiger partial charge in [-0.1, -0.05) is 41.9 Å². The Morgan fingerprint density at radius 3 is 2.26 bits per heavy atom. The highest BCUT2D eigenvalue weighted by Crippen LogP contribution is 2.16.